The molecule has 0 bridgehead atoms. The summed E-state index contributed by atoms with van der Waals surface area (Å²) in [5.41, 5.74) is 1.73. The number of carbonyl (C=O) groups excluding carboxylic acids is 1. The summed E-state index contributed by atoms with van der Waals surface area (Å²) in [4.78, 5) is 24.9. The molecule has 2 aromatic heterocycles. The molecule has 0 fully saturated rings. The molecule has 0 saturated heterocycles. The maximum atomic E-state index is 12.4. The Morgan fingerprint density at radius 2 is 2.00 bits per heavy atom. The number of fused-ring (bicyclic) bond motifs is 1. The van der Waals surface area contributed by atoms with Gasteiger partial charge in [0.05, 0.1) is 11.2 Å². The third-order valence-corrected chi connectivity index (χ3v) is 3.34. The molecule has 3 rings (SSSR count). The van der Waals surface area contributed by atoms with E-state index in [2.05, 4.69) is 32.5 Å². The molecule has 116 valence electrons. The van der Waals surface area contributed by atoms with E-state index < -0.39 is 0 Å². The highest BCUT2D eigenvalue weighted by Gasteiger charge is 2.11. The third kappa shape index (κ3) is 3.42. The summed E-state index contributed by atoms with van der Waals surface area (Å²) in [5.74, 6) is 0.355. The molecule has 1 aromatic carbocycles. The van der Waals surface area contributed by atoms with Crippen LogP contribution in [0, 0.1) is 0 Å². The second-order valence-corrected chi connectivity index (χ2v) is 5.05. The van der Waals surface area contributed by atoms with Crippen molar-refractivity contribution in [3.05, 3.63) is 54.6 Å². The van der Waals surface area contributed by atoms with Crippen LogP contribution in [0.2, 0.25) is 0 Å². The Bertz CT molecular complexity index is 829. The second-order valence-electron chi connectivity index (χ2n) is 5.05. The fraction of sp³-hybridized carbons (Fsp3) is 0.176. The minimum absolute atomic E-state index is 0.287. The highest BCUT2D eigenvalue weighted by Crippen LogP contribution is 2.21. The molecule has 0 atom stereocenters. The smallest absolute Gasteiger partial charge is 0.274 e. The van der Waals surface area contributed by atoms with Crippen LogP contribution in [0.3, 0.4) is 0 Å². The van der Waals surface area contributed by atoms with E-state index in [0.717, 1.165) is 23.9 Å². The van der Waals surface area contributed by atoms with E-state index >= 15 is 0 Å². The molecule has 0 aliphatic rings. The zero-order valence-electron chi connectivity index (χ0n) is 12.8. The van der Waals surface area contributed by atoms with Crippen LogP contribution in [-0.2, 0) is 0 Å². The minimum Gasteiger partial charge on any atom is -0.370 e. The Kier molecular flexibility index (Phi) is 4.42. The summed E-state index contributed by atoms with van der Waals surface area (Å²) in [6.45, 7) is 2.86. The fourth-order valence-corrected chi connectivity index (χ4v) is 2.22. The first-order valence-electron chi connectivity index (χ1n) is 7.49. The van der Waals surface area contributed by atoms with Gasteiger partial charge in [-0.05, 0) is 18.6 Å². The number of benzene rings is 1. The van der Waals surface area contributed by atoms with Crippen molar-refractivity contribution in [2.45, 2.75) is 13.3 Å². The average Bonchev–Trinajstić information content (AvgIpc) is 2.60. The molecule has 0 aliphatic carbocycles. The molecular formula is C17H17N5O. The zero-order valence-corrected chi connectivity index (χ0v) is 12.8. The van der Waals surface area contributed by atoms with Crippen molar-refractivity contribution in [3.8, 4) is 0 Å². The van der Waals surface area contributed by atoms with Crippen LogP contribution in [0.1, 0.15) is 23.8 Å². The zero-order chi connectivity index (χ0) is 16.1. The van der Waals surface area contributed by atoms with Crippen molar-refractivity contribution < 1.29 is 4.79 Å². The number of amides is 1. The normalized spacial score (nSPS) is 10.5. The molecular weight excluding hydrogens is 290 g/mol. The number of pyridine rings is 1. The van der Waals surface area contributed by atoms with Crippen molar-refractivity contribution >= 4 is 28.3 Å². The van der Waals surface area contributed by atoms with Gasteiger partial charge in [-0.15, -0.1) is 0 Å². The molecule has 0 radical (unpaired) electrons. The van der Waals surface area contributed by atoms with Crippen molar-refractivity contribution in [2.75, 3.05) is 17.2 Å². The second kappa shape index (κ2) is 6.83. The SMILES string of the molecule is CCCNc1cc(C(=O)Nc2cccc3cccnc23)ncn1. The number of carbonyl (C=O) groups is 1. The molecule has 0 saturated carbocycles. The first kappa shape index (κ1) is 14.9. The Labute approximate surface area is 134 Å². The third-order valence-electron chi connectivity index (χ3n) is 3.34. The Hall–Kier alpha value is -3.02. The van der Waals surface area contributed by atoms with E-state index in [9.17, 15) is 4.79 Å². The highest BCUT2D eigenvalue weighted by molar-refractivity contribution is 6.07. The molecule has 0 aliphatic heterocycles. The van der Waals surface area contributed by atoms with Crippen LogP contribution in [0.25, 0.3) is 10.9 Å². The molecule has 0 unspecified atom stereocenters. The quantitative estimate of drug-likeness (QED) is 0.757. The van der Waals surface area contributed by atoms with Crippen molar-refractivity contribution in [1.82, 2.24) is 15.0 Å². The average molecular weight is 307 g/mol. The largest absolute Gasteiger partial charge is 0.370 e. The fourth-order valence-electron chi connectivity index (χ4n) is 2.22. The van der Waals surface area contributed by atoms with E-state index in [-0.39, 0.29) is 5.91 Å². The topological polar surface area (TPSA) is 79.8 Å². The lowest BCUT2D eigenvalue weighted by atomic mass is 10.2. The number of hydrogen-bond donors (Lipinski definition) is 2. The lowest BCUT2D eigenvalue weighted by Crippen LogP contribution is -2.15. The minimum atomic E-state index is -0.287. The number of para-hydroxylation sites is 1. The molecule has 23 heavy (non-hydrogen) atoms. The first-order valence-corrected chi connectivity index (χ1v) is 7.49. The van der Waals surface area contributed by atoms with Gasteiger partial charge in [0.25, 0.3) is 5.91 Å². The maximum Gasteiger partial charge on any atom is 0.274 e. The van der Waals surface area contributed by atoms with Crippen LogP contribution in [0.4, 0.5) is 11.5 Å². The van der Waals surface area contributed by atoms with Crippen molar-refractivity contribution in [2.24, 2.45) is 0 Å². The lowest BCUT2D eigenvalue weighted by molar-refractivity contribution is 0.102. The summed E-state index contributed by atoms with van der Waals surface area (Å²) >= 11 is 0. The van der Waals surface area contributed by atoms with Gasteiger partial charge < -0.3 is 10.6 Å². The van der Waals surface area contributed by atoms with Crippen LogP contribution in [0.15, 0.2) is 48.9 Å². The number of hydrogen-bond acceptors (Lipinski definition) is 5. The Balaban J connectivity index is 1.83. The molecule has 2 N–H and O–H groups in total. The predicted molar refractivity (Wildman–Crippen MR) is 90.5 cm³/mol. The van der Waals surface area contributed by atoms with Crippen LogP contribution < -0.4 is 10.6 Å². The number of nitrogens with one attached hydrogen (secondary N) is 2. The summed E-state index contributed by atoms with van der Waals surface area (Å²) in [6, 6.07) is 11.1. The molecule has 0 spiro atoms. The summed E-state index contributed by atoms with van der Waals surface area (Å²) in [5, 5.41) is 6.98. The van der Waals surface area contributed by atoms with E-state index in [1.165, 1.54) is 6.33 Å². The predicted octanol–water partition coefficient (Wildman–Crippen LogP) is 3.10. The lowest BCUT2D eigenvalue weighted by Gasteiger charge is -2.08. The number of anilines is 2. The van der Waals surface area contributed by atoms with Gasteiger partial charge in [0, 0.05) is 24.2 Å². The number of aromatic nitrogens is 3. The summed E-state index contributed by atoms with van der Waals surface area (Å²) < 4.78 is 0. The van der Waals surface area contributed by atoms with E-state index in [1.54, 1.807) is 12.3 Å². The van der Waals surface area contributed by atoms with Crippen LogP contribution >= 0.6 is 0 Å². The number of nitrogens with zero attached hydrogens (tertiary/aromatic N) is 3. The first-order chi connectivity index (χ1) is 11.3. The van der Waals surface area contributed by atoms with Gasteiger partial charge in [-0.2, -0.15) is 0 Å². The molecule has 1 amide bonds. The van der Waals surface area contributed by atoms with Gasteiger partial charge in [0.15, 0.2) is 0 Å². The molecule has 6 heteroatoms. The van der Waals surface area contributed by atoms with Crippen molar-refractivity contribution in [3.63, 3.8) is 0 Å². The summed E-state index contributed by atoms with van der Waals surface area (Å²) in [7, 11) is 0. The highest BCUT2D eigenvalue weighted by atomic mass is 16.1. The van der Waals surface area contributed by atoms with Gasteiger partial charge in [0.2, 0.25) is 0 Å². The van der Waals surface area contributed by atoms with Crippen LogP contribution in [-0.4, -0.2) is 27.4 Å². The Morgan fingerprint density at radius 3 is 2.87 bits per heavy atom. The van der Waals surface area contributed by atoms with Crippen LogP contribution in [0.5, 0.6) is 0 Å². The van der Waals surface area contributed by atoms with Gasteiger partial charge in [-0.25, -0.2) is 9.97 Å². The number of rotatable bonds is 5. The van der Waals surface area contributed by atoms with E-state index in [4.69, 9.17) is 0 Å². The Morgan fingerprint density at radius 1 is 1.13 bits per heavy atom. The van der Waals surface area contributed by atoms with E-state index in [0.29, 0.717) is 17.2 Å². The van der Waals surface area contributed by atoms with Gasteiger partial charge in [-0.3, -0.25) is 9.78 Å². The van der Waals surface area contributed by atoms with Gasteiger partial charge in [0.1, 0.15) is 17.8 Å². The monoisotopic (exact) mass is 307 g/mol. The molecule has 2 heterocycles. The van der Waals surface area contributed by atoms with E-state index in [1.807, 2.05) is 30.3 Å². The van der Waals surface area contributed by atoms with Gasteiger partial charge in [-0.1, -0.05) is 25.1 Å². The summed E-state index contributed by atoms with van der Waals surface area (Å²) in [6.07, 6.45) is 4.07. The molecule has 6 nitrogen and oxygen atoms in total. The van der Waals surface area contributed by atoms with Crippen molar-refractivity contribution in [1.29, 1.82) is 0 Å². The van der Waals surface area contributed by atoms with Gasteiger partial charge >= 0.3 is 0 Å². The standard InChI is InChI=1S/C17H17N5O/c1-2-8-18-15-10-14(20-11-21-15)17(23)22-13-7-3-5-12-6-4-9-19-16(12)13/h3-7,9-11H,2,8H2,1H3,(H,22,23)(H,18,20,21). The maximum absolute atomic E-state index is 12.4. The molecule has 3 aromatic rings.